The molecular weight excluding hydrogens is 338 g/mol. The lowest BCUT2D eigenvalue weighted by Gasteiger charge is -2.38. The lowest BCUT2D eigenvalue weighted by molar-refractivity contribution is -0.129. The molecule has 1 heterocycles. The SMILES string of the molecule is CCc1ccc(O[C@@H](CC)C(=O)N[C@@H]2CC(C)(C)Oc3ccccc32)cc1. The van der Waals surface area contributed by atoms with Gasteiger partial charge in [-0.1, -0.05) is 44.2 Å². The fourth-order valence-electron chi connectivity index (χ4n) is 3.49. The molecule has 0 unspecified atom stereocenters. The molecule has 1 amide bonds. The predicted octanol–water partition coefficient (Wildman–Crippen LogP) is 4.83. The van der Waals surface area contributed by atoms with Crippen molar-refractivity contribution in [2.75, 3.05) is 0 Å². The zero-order valence-corrected chi connectivity index (χ0v) is 16.6. The van der Waals surface area contributed by atoms with Gasteiger partial charge in [0.2, 0.25) is 0 Å². The highest BCUT2D eigenvalue weighted by Gasteiger charge is 2.35. The number of aryl methyl sites for hydroxylation is 1. The molecule has 1 N–H and O–H groups in total. The summed E-state index contributed by atoms with van der Waals surface area (Å²) in [5.74, 6) is 1.47. The van der Waals surface area contributed by atoms with Crippen molar-refractivity contribution in [2.24, 2.45) is 0 Å². The summed E-state index contributed by atoms with van der Waals surface area (Å²) in [7, 11) is 0. The average Bonchev–Trinajstić information content (AvgIpc) is 2.65. The second-order valence-corrected chi connectivity index (χ2v) is 7.68. The van der Waals surface area contributed by atoms with E-state index < -0.39 is 6.10 Å². The van der Waals surface area contributed by atoms with E-state index in [2.05, 4.69) is 12.2 Å². The molecule has 0 saturated heterocycles. The summed E-state index contributed by atoms with van der Waals surface area (Å²) in [6, 6.07) is 15.8. The van der Waals surface area contributed by atoms with Crippen LogP contribution in [0.25, 0.3) is 0 Å². The molecule has 0 spiro atoms. The zero-order valence-electron chi connectivity index (χ0n) is 16.6. The van der Waals surface area contributed by atoms with E-state index in [-0.39, 0.29) is 17.6 Å². The van der Waals surface area contributed by atoms with Gasteiger partial charge >= 0.3 is 0 Å². The van der Waals surface area contributed by atoms with E-state index in [0.717, 1.165) is 29.9 Å². The topological polar surface area (TPSA) is 47.6 Å². The van der Waals surface area contributed by atoms with Crippen LogP contribution >= 0.6 is 0 Å². The number of nitrogens with one attached hydrogen (secondary N) is 1. The Kier molecular flexibility index (Phi) is 5.73. The average molecular weight is 367 g/mol. The van der Waals surface area contributed by atoms with Gasteiger partial charge in [0.15, 0.2) is 6.10 Å². The Balaban J connectivity index is 1.72. The number of amides is 1. The summed E-state index contributed by atoms with van der Waals surface area (Å²) >= 11 is 0. The van der Waals surface area contributed by atoms with Gasteiger partial charge in [0.25, 0.3) is 5.91 Å². The quantitative estimate of drug-likeness (QED) is 0.796. The van der Waals surface area contributed by atoms with E-state index in [1.807, 2.05) is 69.3 Å². The van der Waals surface area contributed by atoms with Crippen molar-refractivity contribution in [1.29, 1.82) is 0 Å². The van der Waals surface area contributed by atoms with Gasteiger partial charge in [-0.15, -0.1) is 0 Å². The molecule has 144 valence electrons. The fourth-order valence-corrected chi connectivity index (χ4v) is 3.49. The molecule has 4 nitrogen and oxygen atoms in total. The van der Waals surface area contributed by atoms with E-state index >= 15 is 0 Å². The van der Waals surface area contributed by atoms with Crippen LogP contribution in [0, 0.1) is 0 Å². The van der Waals surface area contributed by atoms with Gasteiger partial charge in [-0.25, -0.2) is 0 Å². The van der Waals surface area contributed by atoms with Crippen LogP contribution in [0.15, 0.2) is 48.5 Å². The molecule has 2 aromatic carbocycles. The van der Waals surface area contributed by atoms with Gasteiger partial charge in [0, 0.05) is 12.0 Å². The molecule has 2 aromatic rings. The maximum absolute atomic E-state index is 12.9. The Morgan fingerprint density at radius 3 is 2.56 bits per heavy atom. The van der Waals surface area contributed by atoms with Crippen LogP contribution in [0.2, 0.25) is 0 Å². The number of carbonyl (C=O) groups excluding carboxylic acids is 1. The van der Waals surface area contributed by atoms with E-state index in [1.54, 1.807) is 0 Å². The van der Waals surface area contributed by atoms with Crippen LogP contribution < -0.4 is 14.8 Å². The number of para-hydroxylation sites is 1. The van der Waals surface area contributed by atoms with Gasteiger partial charge in [-0.05, 0) is 50.5 Å². The largest absolute Gasteiger partial charge is 0.487 e. The van der Waals surface area contributed by atoms with Crippen molar-refractivity contribution in [1.82, 2.24) is 5.32 Å². The highest BCUT2D eigenvalue weighted by Crippen LogP contribution is 2.39. The minimum atomic E-state index is -0.518. The Morgan fingerprint density at radius 2 is 1.89 bits per heavy atom. The standard InChI is InChI=1S/C23H29NO3/c1-5-16-11-13-17(14-12-16)26-20(6-2)22(25)24-19-15-23(3,4)27-21-10-8-7-9-18(19)21/h7-14,19-20H,5-6,15H2,1-4H3,(H,24,25)/t19-,20+/m1/s1. The highest BCUT2D eigenvalue weighted by atomic mass is 16.5. The predicted molar refractivity (Wildman–Crippen MR) is 107 cm³/mol. The van der Waals surface area contributed by atoms with E-state index in [0.29, 0.717) is 6.42 Å². The summed E-state index contributed by atoms with van der Waals surface area (Å²) in [6.45, 7) is 8.17. The van der Waals surface area contributed by atoms with Crippen molar-refractivity contribution >= 4 is 5.91 Å². The van der Waals surface area contributed by atoms with E-state index in [4.69, 9.17) is 9.47 Å². The van der Waals surface area contributed by atoms with Crippen LogP contribution in [-0.4, -0.2) is 17.6 Å². The second kappa shape index (κ2) is 8.03. The molecule has 0 saturated carbocycles. The van der Waals surface area contributed by atoms with Gasteiger partial charge < -0.3 is 14.8 Å². The maximum Gasteiger partial charge on any atom is 0.261 e. The van der Waals surface area contributed by atoms with Gasteiger partial charge in [0.1, 0.15) is 17.1 Å². The molecule has 1 aliphatic heterocycles. The molecule has 3 rings (SSSR count). The maximum atomic E-state index is 12.9. The number of ether oxygens (including phenoxy) is 2. The Morgan fingerprint density at radius 1 is 1.19 bits per heavy atom. The summed E-state index contributed by atoms with van der Waals surface area (Å²) in [5.41, 5.74) is 1.94. The van der Waals surface area contributed by atoms with Crippen LogP contribution in [0.1, 0.15) is 57.7 Å². The van der Waals surface area contributed by atoms with E-state index in [9.17, 15) is 4.79 Å². The van der Waals surface area contributed by atoms with E-state index in [1.165, 1.54) is 5.56 Å². The fraction of sp³-hybridized carbons (Fsp3) is 0.435. The number of fused-ring (bicyclic) bond motifs is 1. The number of rotatable bonds is 6. The normalized spacial score (nSPS) is 18.7. The smallest absolute Gasteiger partial charge is 0.261 e. The molecule has 4 heteroatoms. The van der Waals surface area contributed by atoms with Crippen molar-refractivity contribution in [3.8, 4) is 11.5 Å². The first-order chi connectivity index (χ1) is 12.9. The van der Waals surface area contributed by atoms with Crippen molar-refractivity contribution in [2.45, 2.75) is 64.7 Å². The third-order valence-corrected chi connectivity index (χ3v) is 4.97. The van der Waals surface area contributed by atoms with Crippen LogP contribution in [0.3, 0.4) is 0 Å². The number of hydrogen-bond acceptors (Lipinski definition) is 3. The molecule has 0 radical (unpaired) electrons. The number of carbonyl (C=O) groups is 1. The first kappa shape index (κ1) is 19.3. The highest BCUT2D eigenvalue weighted by molar-refractivity contribution is 5.81. The van der Waals surface area contributed by atoms with Crippen LogP contribution in [0.4, 0.5) is 0 Å². The Bertz CT molecular complexity index is 782. The van der Waals surface area contributed by atoms with Crippen molar-refractivity contribution < 1.29 is 14.3 Å². The molecule has 0 bridgehead atoms. The summed E-state index contributed by atoms with van der Waals surface area (Å²) in [4.78, 5) is 12.9. The minimum absolute atomic E-state index is 0.0856. The van der Waals surface area contributed by atoms with Crippen LogP contribution in [-0.2, 0) is 11.2 Å². The van der Waals surface area contributed by atoms with Crippen molar-refractivity contribution in [3.63, 3.8) is 0 Å². The lowest BCUT2D eigenvalue weighted by Crippen LogP contribution is -2.45. The molecule has 27 heavy (non-hydrogen) atoms. The first-order valence-corrected chi connectivity index (χ1v) is 9.75. The molecule has 0 aromatic heterocycles. The third kappa shape index (κ3) is 4.62. The summed E-state index contributed by atoms with van der Waals surface area (Å²) in [5, 5.41) is 3.18. The van der Waals surface area contributed by atoms with Gasteiger partial charge in [0.05, 0.1) is 6.04 Å². The molecule has 2 atom stereocenters. The lowest BCUT2D eigenvalue weighted by atomic mass is 9.89. The summed E-state index contributed by atoms with van der Waals surface area (Å²) < 4.78 is 12.0. The first-order valence-electron chi connectivity index (χ1n) is 9.75. The monoisotopic (exact) mass is 367 g/mol. The Labute approximate surface area is 161 Å². The zero-order chi connectivity index (χ0) is 19.4. The van der Waals surface area contributed by atoms with Gasteiger partial charge in [-0.3, -0.25) is 4.79 Å². The number of hydrogen-bond donors (Lipinski definition) is 1. The van der Waals surface area contributed by atoms with Crippen molar-refractivity contribution in [3.05, 3.63) is 59.7 Å². The second-order valence-electron chi connectivity index (χ2n) is 7.68. The van der Waals surface area contributed by atoms with Crippen LogP contribution in [0.5, 0.6) is 11.5 Å². The van der Waals surface area contributed by atoms with Gasteiger partial charge in [-0.2, -0.15) is 0 Å². The molecule has 0 fully saturated rings. The summed E-state index contributed by atoms with van der Waals surface area (Å²) in [6.07, 6.45) is 1.79. The Hall–Kier alpha value is -2.49. The minimum Gasteiger partial charge on any atom is -0.487 e. The molecular formula is C23H29NO3. The molecule has 0 aliphatic carbocycles. The molecule has 1 aliphatic rings. The number of benzene rings is 2. The third-order valence-electron chi connectivity index (χ3n) is 4.97.